The molecular formula is C14H18O5. The molecular weight excluding hydrogens is 248 g/mol. The maximum Gasteiger partial charge on any atom is 0.316 e. The summed E-state index contributed by atoms with van der Waals surface area (Å²) < 4.78 is 16.2. The van der Waals surface area contributed by atoms with Crippen LogP contribution in [0.5, 0.6) is 11.5 Å². The standard InChI is InChI=1S/C14H18O5/c1-14(9-17-2,13(15)16)10-4-5-11-12(8-10)19-7-3-6-18-11/h4-5,8H,3,6-7,9H2,1-2H3,(H,15,16). The highest BCUT2D eigenvalue weighted by molar-refractivity contribution is 5.81. The van der Waals surface area contributed by atoms with Crippen molar-refractivity contribution < 1.29 is 24.1 Å². The summed E-state index contributed by atoms with van der Waals surface area (Å²) in [5.74, 6) is 0.328. The Kier molecular flexibility index (Phi) is 3.95. The number of fused-ring (bicyclic) bond motifs is 1. The van der Waals surface area contributed by atoms with Gasteiger partial charge >= 0.3 is 5.97 Å². The van der Waals surface area contributed by atoms with Crippen LogP contribution in [0.1, 0.15) is 18.9 Å². The Morgan fingerprint density at radius 3 is 2.68 bits per heavy atom. The summed E-state index contributed by atoms with van der Waals surface area (Å²) in [5, 5.41) is 9.42. The van der Waals surface area contributed by atoms with E-state index in [1.165, 1.54) is 7.11 Å². The molecule has 1 aliphatic heterocycles. The molecule has 1 N–H and O–H groups in total. The van der Waals surface area contributed by atoms with Crippen molar-refractivity contribution in [2.24, 2.45) is 0 Å². The van der Waals surface area contributed by atoms with Crippen LogP contribution in [0, 0.1) is 0 Å². The summed E-state index contributed by atoms with van der Waals surface area (Å²) >= 11 is 0. The molecule has 104 valence electrons. The lowest BCUT2D eigenvalue weighted by Crippen LogP contribution is -2.37. The number of rotatable bonds is 4. The van der Waals surface area contributed by atoms with Gasteiger partial charge in [0.1, 0.15) is 5.41 Å². The summed E-state index contributed by atoms with van der Waals surface area (Å²) in [6, 6.07) is 5.24. The number of carbonyl (C=O) groups is 1. The number of ether oxygens (including phenoxy) is 3. The third kappa shape index (κ3) is 2.66. The molecule has 2 rings (SSSR count). The van der Waals surface area contributed by atoms with Gasteiger partial charge in [-0.1, -0.05) is 6.07 Å². The minimum absolute atomic E-state index is 0.0992. The van der Waals surface area contributed by atoms with Crippen molar-refractivity contribution >= 4 is 5.97 Å². The van der Waals surface area contributed by atoms with E-state index in [9.17, 15) is 9.90 Å². The number of hydrogen-bond donors (Lipinski definition) is 1. The number of hydrogen-bond acceptors (Lipinski definition) is 4. The SMILES string of the molecule is COCC(C)(C(=O)O)c1ccc2c(c1)OCCCO2. The summed E-state index contributed by atoms with van der Waals surface area (Å²) in [5.41, 5.74) is -0.453. The Morgan fingerprint density at radius 2 is 2.05 bits per heavy atom. The molecule has 1 aromatic carbocycles. The molecule has 1 atom stereocenters. The molecule has 0 spiro atoms. The largest absolute Gasteiger partial charge is 0.490 e. The van der Waals surface area contributed by atoms with Gasteiger partial charge in [0.2, 0.25) is 0 Å². The van der Waals surface area contributed by atoms with Crippen molar-refractivity contribution in [3.05, 3.63) is 23.8 Å². The van der Waals surface area contributed by atoms with Crippen LogP contribution in [0.25, 0.3) is 0 Å². The maximum atomic E-state index is 11.5. The Hall–Kier alpha value is -1.75. The molecule has 1 heterocycles. The molecule has 1 aromatic rings. The Labute approximate surface area is 112 Å². The minimum Gasteiger partial charge on any atom is -0.490 e. The van der Waals surface area contributed by atoms with Gasteiger partial charge in [0, 0.05) is 13.5 Å². The Balaban J connectivity index is 2.39. The smallest absolute Gasteiger partial charge is 0.316 e. The van der Waals surface area contributed by atoms with E-state index >= 15 is 0 Å². The van der Waals surface area contributed by atoms with Crippen LogP contribution in [0.15, 0.2) is 18.2 Å². The van der Waals surface area contributed by atoms with Crippen LogP contribution in [-0.2, 0) is 14.9 Å². The van der Waals surface area contributed by atoms with Crippen molar-refractivity contribution in [2.45, 2.75) is 18.8 Å². The van der Waals surface area contributed by atoms with Crippen molar-refractivity contribution in [1.82, 2.24) is 0 Å². The highest BCUT2D eigenvalue weighted by atomic mass is 16.5. The van der Waals surface area contributed by atoms with Gasteiger partial charge in [-0.15, -0.1) is 0 Å². The van der Waals surface area contributed by atoms with Crippen molar-refractivity contribution in [2.75, 3.05) is 26.9 Å². The summed E-state index contributed by atoms with van der Waals surface area (Å²) in [4.78, 5) is 11.5. The van der Waals surface area contributed by atoms with Gasteiger partial charge in [-0.25, -0.2) is 0 Å². The van der Waals surface area contributed by atoms with Gasteiger partial charge < -0.3 is 19.3 Å². The van der Waals surface area contributed by atoms with Gasteiger partial charge in [0.15, 0.2) is 11.5 Å². The van der Waals surface area contributed by atoms with Gasteiger partial charge in [0.05, 0.1) is 19.8 Å². The normalized spacial score (nSPS) is 17.4. The van der Waals surface area contributed by atoms with Crippen LogP contribution in [-0.4, -0.2) is 38.0 Å². The number of benzene rings is 1. The molecule has 19 heavy (non-hydrogen) atoms. The van der Waals surface area contributed by atoms with E-state index in [1.807, 2.05) is 0 Å². The van der Waals surface area contributed by atoms with Gasteiger partial charge in [0.25, 0.3) is 0 Å². The molecule has 1 unspecified atom stereocenters. The first-order chi connectivity index (χ1) is 9.08. The quantitative estimate of drug-likeness (QED) is 0.900. The molecule has 0 aromatic heterocycles. The molecule has 0 bridgehead atoms. The second kappa shape index (κ2) is 5.48. The number of aliphatic carboxylic acids is 1. The molecule has 0 fully saturated rings. The van der Waals surface area contributed by atoms with Crippen LogP contribution in [0.2, 0.25) is 0 Å². The van der Waals surface area contributed by atoms with Gasteiger partial charge in [-0.3, -0.25) is 4.79 Å². The lowest BCUT2D eigenvalue weighted by atomic mass is 9.83. The number of carboxylic acids is 1. The number of carboxylic acid groups (broad SMARTS) is 1. The van der Waals surface area contributed by atoms with Crippen LogP contribution >= 0.6 is 0 Å². The molecule has 0 aliphatic carbocycles. The predicted octanol–water partition coefficient (Wildman–Crippen LogP) is 1.84. The van der Waals surface area contributed by atoms with E-state index in [-0.39, 0.29) is 6.61 Å². The van der Waals surface area contributed by atoms with E-state index in [2.05, 4.69) is 0 Å². The van der Waals surface area contributed by atoms with E-state index in [0.29, 0.717) is 30.3 Å². The fourth-order valence-corrected chi connectivity index (χ4v) is 2.06. The number of methoxy groups -OCH3 is 1. The third-order valence-electron chi connectivity index (χ3n) is 3.29. The van der Waals surface area contributed by atoms with Gasteiger partial charge in [-0.05, 0) is 24.6 Å². The lowest BCUT2D eigenvalue weighted by molar-refractivity contribution is -0.145. The van der Waals surface area contributed by atoms with E-state index in [1.54, 1.807) is 25.1 Å². The summed E-state index contributed by atoms with van der Waals surface area (Å²) in [7, 11) is 1.49. The molecule has 5 heteroatoms. The second-order valence-electron chi connectivity index (χ2n) is 4.78. The minimum atomic E-state index is -1.10. The zero-order valence-electron chi connectivity index (χ0n) is 11.1. The van der Waals surface area contributed by atoms with E-state index < -0.39 is 11.4 Å². The lowest BCUT2D eigenvalue weighted by Gasteiger charge is -2.25. The molecule has 5 nitrogen and oxygen atoms in total. The first-order valence-electron chi connectivity index (χ1n) is 6.20. The van der Waals surface area contributed by atoms with Crippen molar-refractivity contribution in [3.63, 3.8) is 0 Å². The predicted molar refractivity (Wildman–Crippen MR) is 68.9 cm³/mol. The van der Waals surface area contributed by atoms with Crippen LogP contribution in [0.3, 0.4) is 0 Å². The van der Waals surface area contributed by atoms with Crippen LogP contribution in [0.4, 0.5) is 0 Å². The van der Waals surface area contributed by atoms with Crippen LogP contribution < -0.4 is 9.47 Å². The monoisotopic (exact) mass is 266 g/mol. The first-order valence-corrected chi connectivity index (χ1v) is 6.20. The Bertz CT molecular complexity index is 471. The van der Waals surface area contributed by atoms with Crippen molar-refractivity contribution in [1.29, 1.82) is 0 Å². The summed E-state index contributed by atoms with van der Waals surface area (Å²) in [6.45, 7) is 2.92. The average molecular weight is 266 g/mol. The molecule has 0 saturated carbocycles. The zero-order chi connectivity index (χ0) is 13.9. The topological polar surface area (TPSA) is 65.0 Å². The van der Waals surface area contributed by atoms with E-state index in [4.69, 9.17) is 14.2 Å². The maximum absolute atomic E-state index is 11.5. The zero-order valence-corrected chi connectivity index (χ0v) is 11.1. The fraction of sp³-hybridized carbons (Fsp3) is 0.500. The van der Waals surface area contributed by atoms with Crippen molar-refractivity contribution in [3.8, 4) is 11.5 Å². The summed E-state index contributed by atoms with van der Waals surface area (Å²) in [6.07, 6.45) is 0.818. The average Bonchev–Trinajstić information content (AvgIpc) is 2.62. The highest BCUT2D eigenvalue weighted by Gasteiger charge is 2.36. The molecule has 0 radical (unpaired) electrons. The fourth-order valence-electron chi connectivity index (χ4n) is 2.06. The van der Waals surface area contributed by atoms with E-state index in [0.717, 1.165) is 6.42 Å². The molecule has 0 amide bonds. The van der Waals surface area contributed by atoms with Gasteiger partial charge in [-0.2, -0.15) is 0 Å². The first kappa shape index (κ1) is 13.7. The molecule has 1 aliphatic rings. The highest BCUT2D eigenvalue weighted by Crippen LogP contribution is 2.35. The third-order valence-corrected chi connectivity index (χ3v) is 3.29. The second-order valence-corrected chi connectivity index (χ2v) is 4.78. The molecule has 0 saturated heterocycles. The Morgan fingerprint density at radius 1 is 1.37 bits per heavy atom.